The van der Waals surface area contributed by atoms with Crippen LogP contribution in [-0.4, -0.2) is 55.0 Å². The topological polar surface area (TPSA) is 124 Å². The number of aromatic hydroxyl groups is 1. The molecule has 1 saturated heterocycles. The number of nitrogens with one attached hydrogen (secondary N) is 1. The molecule has 1 fully saturated rings. The molecule has 30 heavy (non-hydrogen) atoms. The molecule has 0 unspecified atom stereocenters. The lowest BCUT2D eigenvalue weighted by Crippen LogP contribution is -2.40. The van der Waals surface area contributed by atoms with Crippen LogP contribution in [0.25, 0.3) is 10.9 Å². The van der Waals surface area contributed by atoms with E-state index in [0.29, 0.717) is 18.7 Å². The number of aromatic nitrogens is 1. The molecule has 1 aliphatic rings. The Labute approximate surface area is 170 Å². The summed E-state index contributed by atoms with van der Waals surface area (Å²) < 4.78 is 45.5. The van der Waals surface area contributed by atoms with E-state index in [0.717, 1.165) is 6.07 Å². The molecule has 0 bridgehead atoms. The highest BCUT2D eigenvalue weighted by Crippen LogP contribution is 2.35. The van der Waals surface area contributed by atoms with Crippen molar-refractivity contribution in [2.75, 3.05) is 26.3 Å². The number of fused-ring (bicyclic) bond motifs is 1. The van der Waals surface area contributed by atoms with Crippen LogP contribution in [0.2, 0.25) is 0 Å². The summed E-state index contributed by atoms with van der Waals surface area (Å²) in [4.78, 5) is 15.0. The number of nitrogens with zero attached hydrogens (tertiary/aromatic N) is 3. The zero-order valence-electron chi connectivity index (χ0n) is 15.6. The fourth-order valence-corrected chi connectivity index (χ4v) is 4.57. The van der Waals surface area contributed by atoms with Crippen LogP contribution in [0.5, 0.6) is 5.88 Å². The maximum atomic E-state index is 13.5. The average Bonchev–Trinajstić information content (AvgIpc) is 3.07. The molecule has 11 heteroatoms. The van der Waals surface area contributed by atoms with Gasteiger partial charge in [0, 0.05) is 24.0 Å². The highest BCUT2D eigenvalue weighted by Gasteiger charge is 2.27. The number of carbonyl (C=O) groups excluding carboxylic acids is 1. The molecule has 2 aromatic carbocycles. The van der Waals surface area contributed by atoms with E-state index in [1.807, 2.05) is 0 Å². The van der Waals surface area contributed by atoms with Crippen molar-refractivity contribution in [2.45, 2.75) is 4.90 Å². The second-order valence-electron chi connectivity index (χ2n) is 6.56. The van der Waals surface area contributed by atoms with Gasteiger partial charge in [-0.3, -0.25) is 4.79 Å². The first-order valence-corrected chi connectivity index (χ1v) is 10.4. The number of rotatable bonds is 4. The van der Waals surface area contributed by atoms with Gasteiger partial charge in [0.15, 0.2) is 5.69 Å². The molecule has 2 heterocycles. The van der Waals surface area contributed by atoms with Gasteiger partial charge in [0.05, 0.1) is 23.6 Å². The Bertz CT molecular complexity index is 1250. The summed E-state index contributed by atoms with van der Waals surface area (Å²) in [5.41, 5.74) is 0.349. The molecule has 0 saturated carbocycles. The molecular weight excluding hydrogens is 415 g/mol. The van der Waals surface area contributed by atoms with E-state index >= 15 is 0 Å². The number of hydrogen-bond acceptors (Lipinski definition) is 6. The summed E-state index contributed by atoms with van der Waals surface area (Å²) in [7, 11) is -3.77. The maximum absolute atomic E-state index is 13.5. The quantitative estimate of drug-likeness (QED) is 0.614. The number of carbonyl (C=O) groups is 1. The van der Waals surface area contributed by atoms with Crippen molar-refractivity contribution >= 4 is 32.5 Å². The van der Waals surface area contributed by atoms with Gasteiger partial charge >= 0.3 is 0 Å². The fourth-order valence-electron chi connectivity index (χ4n) is 3.12. The second kappa shape index (κ2) is 7.94. The summed E-state index contributed by atoms with van der Waals surface area (Å²) in [6.07, 6.45) is 0. The monoisotopic (exact) mass is 432 g/mol. The molecule has 0 atom stereocenters. The first kappa shape index (κ1) is 20.1. The summed E-state index contributed by atoms with van der Waals surface area (Å²) in [5.74, 6) is -1.71. The smallest absolute Gasteiger partial charge is 0.295 e. The molecule has 156 valence electrons. The molecule has 0 spiro atoms. The molecule has 1 aliphatic heterocycles. The van der Waals surface area contributed by atoms with Crippen molar-refractivity contribution < 1.29 is 27.4 Å². The lowest BCUT2D eigenvalue weighted by Gasteiger charge is -2.26. The zero-order valence-corrected chi connectivity index (χ0v) is 16.4. The fraction of sp³-hybridized carbons (Fsp3) is 0.211. The number of ether oxygens (including phenoxy) is 1. The second-order valence-corrected chi connectivity index (χ2v) is 8.50. The van der Waals surface area contributed by atoms with Crippen molar-refractivity contribution in [3.63, 3.8) is 0 Å². The number of morpholine rings is 1. The predicted octanol–water partition coefficient (Wildman–Crippen LogP) is 2.96. The lowest BCUT2D eigenvalue weighted by molar-refractivity contribution is 0.0730. The van der Waals surface area contributed by atoms with E-state index in [-0.39, 0.29) is 40.5 Å². The number of hydrogen-bond donors (Lipinski definition) is 2. The molecule has 1 amide bonds. The van der Waals surface area contributed by atoms with E-state index in [1.54, 1.807) is 0 Å². The number of azo groups is 1. The van der Waals surface area contributed by atoms with Gasteiger partial charge in [0.25, 0.3) is 5.91 Å². The third kappa shape index (κ3) is 3.82. The van der Waals surface area contributed by atoms with Crippen LogP contribution in [-0.2, 0) is 14.8 Å². The van der Waals surface area contributed by atoms with Gasteiger partial charge < -0.3 is 14.8 Å². The molecule has 4 rings (SSSR count). The minimum atomic E-state index is -3.77. The van der Waals surface area contributed by atoms with Crippen molar-refractivity contribution in [1.29, 1.82) is 0 Å². The largest absolute Gasteiger partial charge is 0.493 e. The van der Waals surface area contributed by atoms with E-state index in [4.69, 9.17) is 4.74 Å². The Kier molecular flexibility index (Phi) is 5.33. The van der Waals surface area contributed by atoms with Crippen LogP contribution in [0.15, 0.2) is 57.6 Å². The van der Waals surface area contributed by atoms with Crippen LogP contribution in [0.4, 0.5) is 10.1 Å². The molecule has 9 nitrogen and oxygen atoms in total. The van der Waals surface area contributed by atoms with E-state index in [9.17, 15) is 22.7 Å². The molecule has 0 radical (unpaired) electrons. The average molecular weight is 432 g/mol. The Morgan fingerprint density at radius 3 is 2.70 bits per heavy atom. The van der Waals surface area contributed by atoms with Crippen molar-refractivity contribution in [1.82, 2.24) is 9.29 Å². The van der Waals surface area contributed by atoms with E-state index in [1.165, 1.54) is 40.7 Å². The minimum absolute atomic E-state index is 0.0126. The van der Waals surface area contributed by atoms with Crippen LogP contribution in [0.1, 0.15) is 10.4 Å². The van der Waals surface area contributed by atoms with Crippen molar-refractivity contribution in [3.05, 3.63) is 53.8 Å². The SMILES string of the molecule is O=C(N=Nc1c(O)[nH]c2ccc(F)cc12)c1cccc(S(=O)(=O)N2CCOCC2)c1. The highest BCUT2D eigenvalue weighted by molar-refractivity contribution is 7.89. The summed E-state index contributed by atoms with van der Waals surface area (Å²) in [6, 6.07) is 9.26. The summed E-state index contributed by atoms with van der Waals surface area (Å²) in [5, 5.41) is 17.5. The van der Waals surface area contributed by atoms with Crippen LogP contribution in [0.3, 0.4) is 0 Å². The van der Waals surface area contributed by atoms with Crippen LogP contribution in [0, 0.1) is 5.82 Å². The highest BCUT2D eigenvalue weighted by atomic mass is 32.2. The maximum Gasteiger partial charge on any atom is 0.295 e. The van der Waals surface area contributed by atoms with E-state index < -0.39 is 21.7 Å². The Balaban J connectivity index is 1.61. The third-order valence-corrected chi connectivity index (χ3v) is 6.54. The molecule has 3 aromatic rings. The van der Waals surface area contributed by atoms with E-state index in [2.05, 4.69) is 15.2 Å². The standard InChI is InChI=1S/C19H17FN4O5S/c20-13-4-5-16-15(11-13)17(19(26)21-16)22-23-18(25)12-2-1-3-14(10-12)30(27,28)24-6-8-29-9-7-24/h1-5,10-11,21,26H,6-9H2. The first-order valence-electron chi connectivity index (χ1n) is 9.00. The van der Waals surface area contributed by atoms with Gasteiger partial charge in [-0.15, -0.1) is 10.2 Å². The molecule has 2 N–H and O–H groups in total. The number of sulfonamides is 1. The predicted molar refractivity (Wildman–Crippen MR) is 105 cm³/mol. The van der Waals surface area contributed by atoms with Gasteiger partial charge in [-0.25, -0.2) is 12.8 Å². The Morgan fingerprint density at radius 1 is 1.17 bits per heavy atom. The lowest BCUT2D eigenvalue weighted by atomic mass is 10.2. The van der Waals surface area contributed by atoms with Crippen LogP contribution >= 0.6 is 0 Å². The minimum Gasteiger partial charge on any atom is -0.493 e. The number of H-pyrrole nitrogens is 1. The van der Waals surface area contributed by atoms with Gasteiger partial charge in [0.1, 0.15) is 5.82 Å². The number of benzene rings is 2. The zero-order chi connectivity index (χ0) is 21.3. The normalized spacial score (nSPS) is 15.8. The van der Waals surface area contributed by atoms with Gasteiger partial charge in [-0.05, 0) is 36.4 Å². The summed E-state index contributed by atoms with van der Waals surface area (Å²) >= 11 is 0. The molecule has 1 aromatic heterocycles. The third-order valence-electron chi connectivity index (χ3n) is 4.64. The van der Waals surface area contributed by atoms with Crippen LogP contribution < -0.4 is 0 Å². The molecular formula is C19H17FN4O5S. The first-order chi connectivity index (χ1) is 14.4. The summed E-state index contributed by atoms with van der Waals surface area (Å²) in [6.45, 7) is 1.08. The Hall–Kier alpha value is -3.15. The van der Waals surface area contributed by atoms with Crippen molar-refractivity contribution in [3.8, 4) is 5.88 Å². The number of aromatic amines is 1. The number of halogens is 1. The molecule has 0 aliphatic carbocycles. The van der Waals surface area contributed by atoms with Gasteiger partial charge in [-0.2, -0.15) is 4.31 Å². The van der Waals surface area contributed by atoms with Crippen molar-refractivity contribution in [2.24, 2.45) is 10.2 Å². The van der Waals surface area contributed by atoms with Gasteiger partial charge in [-0.1, -0.05) is 6.07 Å². The Morgan fingerprint density at radius 2 is 1.93 bits per heavy atom. The number of amides is 1. The van der Waals surface area contributed by atoms with Gasteiger partial charge in [0.2, 0.25) is 15.9 Å².